The number of carbonyl (C=O) groups excluding carboxylic acids is 1. The molecule has 20 heavy (non-hydrogen) atoms. The highest BCUT2D eigenvalue weighted by Crippen LogP contribution is 2.26. The second-order valence-electron chi connectivity index (χ2n) is 4.11. The molecular weight excluding hydrogens is 272 g/mol. The molecule has 0 spiro atoms. The van der Waals surface area contributed by atoms with E-state index in [1.54, 1.807) is 37.1 Å². The van der Waals surface area contributed by atoms with E-state index in [0.29, 0.717) is 17.0 Å². The first-order chi connectivity index (χ1) is 9.65. The first-order valence-corrected chi connectivity index (χ1v) is 7.26. The number of nitrogen functional groups attached to an aromatic ring is 1. The van der Waals surface area contributed by atoms with Gasteiger partial charge in [-0.05, 0) is 30.5 Å². The summed E-state index contributed by atoms with van der Waals surface area (Å²) < 4.78 is 5.07. The smallest absolute Gasteiger partial charge is 0.257 e. The summed E-state index contributed by atoms with van der Waals surface area (Å²) in [6, 6.07) is 12.6. The average molecular weight is 288 g/mol. The zero-order chi connectivity index (χ0) is 14.5. The van der Waals surface area contributed by atoms with Gasteiger partial charge in [-0.1, -0.05) is 12.1 Å². The fraction of sp³-hybridized carbons (Fsp3) is 0.133. The number of para-hydroxylation sites is 1. The van der Waals surface area contributed by atoms with Gasteiger partial charge in [0.05, 0.1) is 18.4 Å². The molecule has 2 rings (SSSR count). The minimum absolute atomic E-state index is 0.230. The van der Waals surface area contributed by atoms with Crippen molar-refractivity contribution in [1.82, 2.24) is 0 Å². The first kappa shape index (κ1) is 14.3. The predicted octanol–water partition coefficient (Wildman–Crippen LogP) is 3.25. The molecule has 0 saturated carbocycles. The third kappa shape index (κ3) is 3.05. The third-order valence-electron chi connectivity index (χ3n) is 2.86. The Bertz CT molecular complexity index is 629. The zero-order valence-corrected chi connectivity index (χ0v) is 12.2. The average Bonchev–Trinajstić information content (AvgIpc) is 2.47. The van der Waals surface area contributed by atoms with Gasteiger partial charge in [-0.2, -0.15) is 0 Å². The third-order valence-corrected chi connectivity index (χ3v) is 3.65. The van der Waals surface area contributed by atoms with E-state index >= 15 is 0 Å². The fourth-order valence-electron chi connectivity index (χ4n) is 1.81. The molecule has 2 aromatic rings. The van der Waals surface area contributed by atoms with E-state index in [4.69, 9.17) is 10.5 Å². The van der Waals surface area contributed by atoms with Crippen LogP contribution in [0.15, 0.2) is 47.4 Å². The van der Waals surface area contributed by atoms with E-state index in [1.165, 1.54) is 0 Å². The lowest BCUT2D eigenvalue weighted by molar-refractivity contribution is 0.102. The first-order valence-electron chi connectivity index (χ1n) is 6.03. The highest BCUT2D eigenvalue weighted by Gasteiger charge is 2.12. The molecule has 5 heteroatoms. The lowest BCUT2D eigenvalue weighted by Gasteiger charge is -2.11. The summed E-state index contributed by atoms with van der Waals surface area (Å²) >= 11 is 1.58. The zero-order valence-electron chi connectivity index (χ0n) is 11.3. The van der Waals surface area contributed by atoms with E-state index in [-0.39, 0.29) is 5.91 Å². The number of carbonyl (C=O) groups is 1. The molecule has 0 atom stereocenters. The Balaban J connectivity index is 2.24. The molecule has 2 aromatic carbocycles. The van der Waals surface area contributed by atoms with Crippen molar-refractivity contribution in [2.45, 2.75) is 4.90 Å². The molecule has 0 aliphatic rings. The Morgan fingerprint density at radius 2 is 2.00 bits per heavy atom. The van der Waals surface area contributed by atoms with Crippen molar-refractivity contribution < 1.29 is 9.53 Å². The number of hydrogen-bond acceptors (Lipinski definition) is 4. The summed E-state index contributed by atoms with van der Waals surface area (Å²) in [5, 5.41) is 2.88. The van der Waals surface area contributed by atoms with E-state index < -0.39 is 0 Å². The van der Waals surface area contributed by atoms with Gasteiger partial charge in [0.15, 0.2) is 0 Å². The molecule has 4 nitrogen and oxygen atoms in total. The molecule has 0 aliphatic heterocycles. The molecule has 0 saturated heterocycles. The molecule has 3 N–H and O–H groups in total. The number of rotatable bonds is 4. The van der Waals surface area contributed by atoms with Crippen LogP contribution in [0.25, 0.3) is 0 Å². The standard InChI is InChI=1S/C15H16N2O2S/c1-19-10-7-8-11(12(16)9-10)15(18)17-13-5-3-4-6-14(13)20-2/h3-9H,16H2,1-2H3,(H,17,18). The summed E-state index contributed by atoms with van der Waals surface area (Å²) in [5.41, 5.74) is 7.48. The van der Waals surface area contributed by atoms with Crippen LogP contribution >= 0.6 is 11.8 Å². The van der Waals surface area contributed by atoms with Crippen LogP contribution in [0.2, 0.25) is 0 Å². The summed E-state index contributed by atoms with van der Waals surface area (Å²) in [7, 11) is 1.56. The van der Waals surface area contributed by atoms with Crippen LogP contribution in [-0.4, -0.2) is 19.3 Å². The van der Waals surface area contributed by atoms with Gasteiger partial charge in [0.1, 0.15) is 5.75 Å². The quantitative estimate of drug-likeness (QED) is 0.669. The number of methoxy groups -OCH3 is 1. The lowest BCUT2D eigenvalue weighted by Crippen LogP contribution is -2.14. The number of thioether (sulfide) groups is 1. The predicted molar refractivity (Wildman–Crippen MR) is 83.6 cm³/mol. The largest absolute Gasteiger partial charge is 0.497 e. The van der Waals surface area contributed by atoms with Crippen LogP contribution < -0.4 is 15.8 Å². The Kier molecular flexibility index (Phi) is 4.53. The van der Waals surface area contributed by atoms with Crippen LogP contribution in [0.1, 0.15) is 10.4 Å². The van der Waals surface area contributed by atoms with E-state index in [0.717, 1.165) is 10.6 Å². The monoisotopic (exact) mass is 288 g/mol. The van der Waals surface area contributed by atoms with Gasteiger partial charge in [-0.15, -0.1) is 11.8 Å². The van der Waals surface area contributed by atoms with Crippen molar-refractivity contribution in [2.24, 2.45) is 0 Å². The van der Waals surface area contributed by atoms with Gasteiger partial charge < -0.3 is 15.8 Å². The topological polar surface area (TPSA) is 64.3 Å². The Hall–Kier alpha value is -2.14. The second kappa shape index (κ2) is 6.34. The van der Waals surface area contributed by atoms with Crippen molar-refractivity contribution in [3.63, 3.8) is 0 Å². The number of nitrogens with two attached hydrogens (primary N) is 1. The molecule has 0 unspecified atom stereocenters. The van der Waals surface area contributed by atoms with Crippen LogP contribution in [0, 0.1) is 0 Å². The normalized spacial score (nSPS) is 10.1. The highest BCUT2D eigenvalue weighted by atomic mass is 32.2. The van der Waals surface area contributed by atoms with Crippen LogP contribution in [0.5, 0.6) is 5.75 Å². The van der Waals surface area contributed by atoms with Gasteiger partial charge in [0.2, 0.25) is 0 Å². The SMILES string of the molecule is COc1ccc(C(=O)Nc2ccccc2SC)c(N)c1. The van der Waals surface area contributed by atoms with Crippen LogP contribution in [-0.2, 0) is 0 Å². The number of amides is 1. The Morgan fingerprint density at radius 1 is 1.25 bits per heavy atom. The minimum Gasteiger partial charge on any atom is -0.497 e. The molecule has 0 aliphatic carbocycles. The van der Waals surface area contributed by atoms with E-state index in [9.17, 15) is 4.79 Å². The number of anilines is 2. The number of hydrogen-bond donors (Lipinski definition) is 2. The van der Waals surface area contributed by atoms with Crippen molar-refractivity contribution in [2.75, 3.05) is 24.4 Å². The maximum atomic E-state index is 12.3. The summed E-state index contributed by atoms with van der Waals surface area (Å²) in [5.74, 6) is 0.398. The van der Waals surface area contributed by atoms with Gasteiger partial charge in [0, 0.05) is 16.6 Å². The molecule has 104 valence electrons. The van der Waals surface area contributed by atoms with E-state index in [2.05, 4.69) is 5.32 Å². The number of nitrogens with one attached hydrogen (secondary N) is 1. The lowest BCUT2D eigenvalue weighted by atomic mass is 10.1. The molecule has 0 aromatic heterocycles. The molecule has 1 amide bonds. The fourth-order valence-corrected chi connectivity index (χ4v) is 2.37. The Morgan fingerprint density at radius 3 is 2.65 bits per heavy atom. The summed E-state index contributed by atoms with van der Waals surface area (Å²) in [6.07, 6.45) is 1.97. The maximum Gasteiger partial charge on any atom is 0.257 e. The molecule has 0 fully saturated rings. The van der Waals surface area contributed by atoms with Crippen molar-refractivity contribution in [3.8, 4) is 5.75 Å². The molecule has 0 heterocycles. The minimum atomic E-state index is -0.230. The van der Waals surface area contributed by atoms with Gasteiger partial charge in [-0.3, -0.25) is 4.79 Å². The molecular formula is C15H16N2O2S. The van der Waals surface area contributed by atoms with Crippen molar-refractivity contribution >= 4 is 29.0 Å². The number of ether oxygens (including phenoxy) is 1. The van der Waals surface area contributed by atoms with Crippen LogP contribution in [0.4, 0.5) is 11.4 Å². The second-order valence-corrected chi connectivity index (χ2v) is 4.96. The van der Waals surface area contributed by atoms with Crippen LogP contribution in [0.3, 0.4) is 0 Å². The number of benzene rings is 2. The molecule has 0 bridgehead atoms. The Labute approximate surface area is 122 Å². The van der Waals surface area contributed by atoms with E-state index in [1.807, 2.05) is 30.5 Å². The van der Waals surface area contributed by atoms with Gasteiger partial charge in [-0.25, -0.2) is 0 Å². The van der Waals surface area contributed by atoms with Crippen molar-refractivity contribution in [1.29, 1.82) is 0 Å². The van der Waals surface area contributed by atoms with Gasteiger partial charge in [0.25, 0.3) is 5.91 Å². The molecule has 0 radical (unpaired) electrons. The maximum absolute atomic E-state index is 12.3. The van der Waals surface area contributed by atoms with Gasteiger partial charge >= 0.3 is 0 Å². The summed E-state index contributed by atoms with van der Waals surface area (Å²) in [4.78, 5) is 13.3. The summed E-state index contributed by atoms with van der Waals surface area (Å²) in [6.45, 7) is 0. The highest BCUT2D eigenvalue weighted by molar-refractivity contribution is 7.98. The van der Waals surface area contributed by atoms with Crippen molar-refractivity contribution in [3.05, 3.63) is 48.0 Å².